The standard InChI is InChI=1S/C15H20FNO/c1-4-17(5-2)10-6-7-11-18-15-9-8-13(3)12-14(15)16/h8-9,12H,4-5,10-11H2,1-3H3. The molecule has 0 saturated heterocycles. The summed E-state index contributed by atoms with van der Waals surface area (Å²) in [5, 5.41) is 0. The van der Waals surface area contributed by atoms with Gasteiger partial charge in [0.1, 0.15) is 6.61 Å². The van der Waals surface area contributed by atoms with Crippen molar-refractivity contribution in [1.29, 1.82) is 0 Å². The van der Waals surface area contributed by atoms with Crippen molar-refractivity contribution >= 4 is 0 Å². The number of hydrogen-bond donors (Lipinski definition) is 0. The monoisotopic (exact) mass is 249 g/mol. The molecule has 18 heavy (non-hydrogen) atoms. The summed E-state index contributed by atoms with van der Waals surface area (Å²) in [6.07, 6.45) is 0. The normalized spacial score (nSPS) is 10.1. The maximum Gasteiger partial charge on any atom is 0.165 e. The summed E-state index contributed by atoms with van der Waals surface area (Å²) in [4.78, 5) is 2.21. The zero-order valence-corrected chi connectivity index (χ0v) is 11.3. The zero-order chi connectivity index (χ0) is 13.4. The maximum atomic E-state index is 13.4. The van der Waals surface area contributed by atoms with Crippen LogP contribution < -0.4 is 4.74 Å². The Hall–Kier alpha value is -1.53. The molecule has 1 aromatic carbocycles. The average Bonchev–Trinajstić information content (AvgIpc) is 2.36. The number of benzene rings is 1. The third kappa shape index (κ3) is 4.77. The summed E-state index contributed by atoms with van der Waals surface area (Å²) in [6.45, 7) is 8.97. The van der Waals surface area contributed by atoms with E-state index in [4.69, 9.17) is 4.74 Å². The lowest BCUT2D eigenvalue weighted by molar-refractivity contribution is 0.338. The van der Waals surface area contributed by atoms with Gasteiger partial charge in [0, 0.05) is 0 Å². The zero-order valence-electron chi connectivity index (χ0n) is 11.3. The maximum absolute atomic E-state index is 13.4. The molecule has 0 aliphatic carbocycles. The minimum Gasteiger partial charge on any atom is -0.478 e. The van der Waals surface area contributed by atoms with Crippen molar-refractivity contribution in [3.63, 3.8) is 0 Å². The second-order valence-corrected chi connectivity index (χ2v) is 4.04. The van der Waals surface area contributed by atoms with Crippen LogP contribution in [0.4, 0.5) is 4.39 Å². The first kappa shape index (κ1) is 14.5. The van der Waals surface area contributed by atoms with E-state index in [1.807, 2.05) is 13.0 Å². The molecule has 3 heteroatoms. The molecular weight excluding hydrogens is 229 g/mol. The molecule has 0 aliphatic heterocycles. The van der Waals surface area contributed by atoms with Crippen LogP contribution in [0.1, 0.15) is 19.4 Å². The van der Waals surface area contributed by atoms with E-state index in [1.165, 1.54) is 6.07 Å². The van der Waals surface area contributed by atoms with Gasteiger partial charge >= 0.3 is 0 Å². The van der Waals surface area contributed by atoms with Gasteiger partial charge < -0.3 is 4.74 Å². The molecule has 0 unspecified atom stereocenters. The predicted molar refractivity (Wildman–Crippen MR) is 72.2 cm³/mol. The van der Waals surface area contributed by atoms with Crippen LogP contribution in [0.5, 0.6) is 5.75 Å². The van der Waals surface area contributed by atoms with Crippen molar-refractivity contribution in [2.45, 2.75) is 20.8 Å². The highest BCUT2D eigenvalue weighted by Crippen LogP contribution is 2.17. The number of hydrogen-bond acceptors (Lipinski definition) is 2. The molecular formula is C15H20FNO. The lowest BCUT2D eigenvalue weighted by Crippen LogP contribution is -2.22. The molecule has 0 atom stereocenters. The molecule has 2 nitrogen and oxygen atoms in total. The Kier molecular flexibility index (Phi) is 6.24. The van der Waals surface area contributed by atoms with E-state index in [0.717, 1.165) is 25.2 Å². The molecule has 0 aliphatic rings. The van der Waals surface area contributed by atoms with Gasteiger partial charge in [-0.3, -0.25) is 4.90 Å². The van der Waals surface area contributed by atoms with Gasteiger partial charge in [-0.1, -0.05) is 31.8 Å². The molecule has 1 rings (SSSR count). The van der Waals surface area contributed by atoms with Crippen molar-refractivity contribution in [3.05, 3.63) is 29.6 Å². The van der Waals surface area contributed by atoms with Crippen LogP contribution in [0.15, 0.2) is 18.2 Å². The number of aryl methyl sites for hydroxylation is 1. The highest BCUT2D eigenvalue weighted by Gasteiger charge is 2.01. The van der Waals surface area contributed by atoms with Gasteiger partial charge in [-0.25, -0.2) is 4.39 Å². The van der Waals surface area contributed by atoms with E-state index in [9.17, 15) is 4.39 Å². The fourth-order valence-electron chi connectivity index (χ4n) is 1.50. The third-order valence-electron chi connectivity index (χ3n) is 2.71. The lowest BCUT2D eigenvalue weighted by Gasteiger charge is -2.13. The summed E-state index contributed by atoms with van der Waals surface area (Å²) in [5.74, 6) is 5.84. The van der Waals surface area contributed by atoms with Gasteiger partial charge in [0.15, 0.2) is 11.6 Å². The second-order valence-electron chi connectivity index (χ2n) is 4.04. The molecule has 0 heterocycles. The molecule has 0 amide bonds. The summed E-state index contributed by atoms with van der Waals surface area (Å²) in [6, 6.07) is 4.91. The molecule has 0 bridgehead atoms. The van der Waals surface area contributed by atoms with Crippen LogP contribution in [0.25, 0.3) is 0 Å². The first-order valence-electron chi connectivity index (χ1n) is 6.24. The van der Waals surface area contributed by atoms with Gasteiger partial charge in [-0.15, -0.1) is 0 Å². The average molecular weight is 249 g/mol. The van der Waals surface area contributed by atoms with Crippen LogP contribution in [-0.4, -0.2) is 31.1 Å². The number of ether oxygens (including phenoxy) is 1. The first-order valence-corrected chi connectivity index (χ1v) is 6.24. The summed E-state index contributed by atoms with van der Waals surface area (Å²) in [5.41, 5.74) is 0.882. The number of rotatable bonds is 5. The fourth-order valence-corrected chi connectivity index (χ4v) is 1.50. The predicted octanol–water partition coefficient (Wildman–Crippen LogP) is 2.86. The Morgan fingerprint density at radius 2 is 1.94 bits per heavy atom. The summed E-state index contributed by atoms with van der Waals surface area (Å²) in [7, 11) is 0. The SMILES string of the molecule is CCN(CC)CC#CCOc1ccc(C)cc1F. The smallest absolute Gasteiger partial charge is 0.165 e. The van der Waals surface area contributed by atoms with E-state index in [1.54, 1.807) is 6.07 Å². The molecule has 0 fully saturated rings. The molecule has 0 N–H and O–H groups in total. The van der Waals surface area contributed by atoms with E-state index in [-0.39, 0.29) is 18.2 Å². The van der Waals surface area contributed by atoms with Gasteiger partial charge in [-0.2, -0.15) is 0 Å². The van der Waals surface area contributed by atoms with E-state index in [2.05, 4.69) is 30.6 Å². The molecule has 0 saturated carbocycles. The largest absolute Gasteiger partial charge is 0.478 e. The first-order chi connectivity index (χ1) is 8.67. The van der Waals surface area contributed by atoms with Crippen LogP contribution in [0, 0.1) is 24.6 Å². The van der Waals surface area contributed by atoms with E-state index < -0.39 is 0 Å². The minimum absolute atomic E-state index is 0.223. The second kappa shape index (κ2) is 7.73. The number of halogens is 1. The van der Waals surface area contributed by atoms with Gasteiger partial charge in [0.05, 0.1) is 6.54 Å². The van der Waals surface area contributed by atoms with E-state index in [0.29, 0.717) is 0 Å². The topological polar surface area (TPSA) is 12.5 Å². The van der Waals surface area contributed by atoms with Gasteiger partial charge in [0.2, 0.25) is 0 Å². The van der Waals surface area contributed by atoms with Crippen LogP contribution >= 0.6 is 0 Å². The summed E-state index contributed by atoms with van der Waals surface area (Å²) >= 11 is 0. The Morgan fingerprint density at radius 1 is 1.22 bits per heavy atom. The van der Waals surface area contributed by atoms with Crippen molar-refractivity contribution in [3.8, 4) is 17.6 Å². The Morgan fingerprint density at radius 3 is 2.56 bits per heavy atom. The van der Waals surface area contributed by atoms with E-state index >= 15 is 0 Å². The quantitative estimate of drug-likeness (QED) is 0.744. The Balaban J connectivity index is 2.40. The molecule has 0 spiro atoms. The summed E-state index contributed by atoms with van der Waals surface area (Å²) < 4.78 is 18.7. The lowest BCUT2D eigenvalue weighted by atomic mass is 10.2. The highest BCUT2D eigenvalue weighted by molar-refractivity contribution is 5.28. The molecule has 1 aromatic rings. The molecule has 0 aromatic heterocycles. The van der Waals surface area contributed by atoms with Crippen molar-refractivity contribution < 1.29 is 9.13 Å². The van der Waals surface area contributed by atoms with Crippen LogP contribution in [0.2, 0.25) is 0 Å². The van der Waals surface area contributed by atoms with Crippen molar-refractivity contribution in [2.75, 3.05) is 26.2 Å². The minimum atomic E-state index is -0.333. The third-order valence-corrected chi connectivity index (χ3v) is 2.71. The van der Waals surface area contributed by atoms with Crippen molar-refractivity contribution in [2.24, 2.45) is 0 Å². The fraction of sp³-hybridized carbons (Fsp3) is 0.467. The van der Waals surface area contributed by atoms with Crippen molar-refractivity contribution in [1.82, 2.24) is 4.90 Å². The molecule has 0 radical (unpaired) electrons. The van der Waals surface area contributed by atoms with Gasteiger partial charge in [-0.05, 0) is 37.7 Å². The van der Waals surface area contributed by atoms with Crippen LogP contribution in [0.3, 0.4) is 0 Å². The van der Waals surface area contributed by atoms with Gasteiger partial charge in [0.25, 0.3) is 0 Å². The number of nitrogens with zero attached hydrogens (tertiary/aromatic N) is 1. The Bertz CT molecular complexity index is 430. The van der Waals surface area contributed by atoms with Crippen LogP contribution in [-0.2, 0) is 0 Å². The highest BCUT2D eigenvalue weighted by atomic mass is 19.1. The molecule has 98 valence electrons. The Labute approximate surface area is 109 Å².